The number of H-pyrrole nitrogens is 1. The van der Waals surface area contributed by atoms with Crippen molar-refractivity contribution < 1.29 is 0 Å². The standard InChI is InChI=1S/C17H12IN5/c1-10-3-2-4-15(21-10)17-12(9-20-23-17)13-5-6-14-16(22-13)7-11(18)8-19-14/h2-9H,1H3,(H,20,23). The van der Waals surface area contributed by atoms with E-state index in [1.807, 2.05) is 55.7 Å². The average molecular weight is 413 g/mol. The molecule has 0 spiro atoms. The number of aryl methyl sites for hydroxylation is 1. The minimum atomic E-state index is 0.805. The predicted octanol–water partition coefficient (Wildman–Crippen LogP) is 3.99. The Labute approximate surface area is 146 Å². The predicted molar refractivity (Wildman–Crippen MR) is 97.8 cm³/mol. The molecular weight excluding hydrogens is 401 g/mol. The molecule has 0 atom stereocenters. The van der Waals surface area contributed by atoms with Gasteiger partial charge in [0, 0.05) is 27.2 Å². The topological polar surface area (TPSA) is 67.3 Å². The van der Waals surface area contributed by atoms with Crippen LogP contribution in [0.25, 0.3) is 33.7 Å². The van der Waals surface area contributed by atoms with Crippen molar-refractivity contribution in [3.05, 3.63) is 58.1 Å². The van der Waals surface area contributed by atoms with Crippen molar-refractivity contribution in [1.29, 1.82) is 0 Å². The fraction of sp³-hybridized carbons (Fsp3) is 0.0588. The molecule has 6 heteroatoms. The second kappa shape index (κ2) is 5.69. The Morgan fingerprint density at radius 2 is 1.91 bits per heavy atom. The van der Waals surface area contributed by atoms with Crippen LogP contribution in [0.3, 0.4) is 0 Å². The van der Waals surface area contributed by atoms with E-state index in [9.17, 15) is 0 Å². The van der Waals surface area contributed by atoms with Crippen LogP contribution in [0.1, 0.15) is 5.69 Å². The van der Waals surface area contributed by atoms with Crippen LogP contribution in [0.4, 0.5) is 0 Å². The first-order valence-electron chi connectivity index (χ1n) is 7.11. The molecule has 0 radical (unpaired) electrons. The third kappa shape index (κ3) is 2.70. The number of nitrogens with zero attached hydrogens (tertiary/aromatic N) is 4. The van der Waals surface area contributed by atoms with E-state index in [0.29, 0.717) is 0 Å². The summed E-state index contributed by atoms with van der Waals surface area (Å²) in [6.45, 7) is 1.97. The van der Waals surface area contributed by atoms with Gasteiger partial charge in [-0.1, -0.05) is 6.07 Å². The summed E-state index contributed by atoms with van der Waals surface area (Å²) >= 11 is 2.24. The maximum Gasteiger partial charge on any atom is 0.120 e. The van der Waals surface area contributed by atoms with E-state index in [-0.39, 0.29) is 0 Å². The fourth-order valence-electron chi connectivity index (χ4n) is 2.49. The van der Waals surface area contributed by atoms with Crippen molar-refractivity contribution in [2.75, 3.05) is 0 Å². The van der Waals surface area contributed by atoms with Gasteiger partial charge in [0.2, 0.25) is 0 Å². The van der Waals surface area contributed by atoms with Gasteiger partial charge < -0.3 is 0 Å². The number of aromatic amines is 1. The van der Waals surface area contributed by atoms with Crippen LogP contribution in [0.5, 0.6) is 0 Å². The first-order valence-corrected chi connectivity index (χ1v) is 8.19. The van der Waals surface area contributed by atoms with Crippen molar-refractivity contribution in [2.24, 2.45) is 0 Å². The Hall–Kier alpha value is -2.35. The van der Waals surface area contributed by atoms with Gasteiger partial charge in [-0.05, 0) is 59.8 Å². The fourth-order valence-corrected chi connectivity index (χ4v) is 2.92. The average Bonchev–Trinajstić information content (AvgIpc) is 3.03. The van der Waals surface area contributed by atoms with Gasteiger partial charge in [-0.15, -0.1) is 0 Å². The third-order valence-electron chi connectivity index (χ3n) is 3.55. The lowest BCUT2D eigenvalue weighted by molar-refractivity contribution is 1.08. The van der Waals surface area contributed by atoms with Gasteiger partial charge in [0.25, 0.3) is 0 Å². The summed E-state index contributed by atoms with van der Waals surface area (Å²) < 4.78 is 1.06. The van der Waals surface area contributed by atoms with Crippen LogP contribution in [-0.2, 0) is 0 Å². The first-order chi connectivity index (χ1) is 11.2. The van der Waals surface area contributed by atoms with Crippen molar-refractivity contribution >= 4 is 33.6 Å². The van der Waals surface area contributed by atoms with E-state index in [4.69, 9.17) is 4.98 Å². The van der Waals surface area contributed by atoms with Crippen LogP contribution >= 0.6 is 22.6 Å². The normalized spacial score (nSPS) is 11.0. The van der Waals surface area contributed by atoms with E-state index in [1.165, 1.54) is 0 Å². The highest BCUT2D eigenvalue weighted by molar-refractivity contribution is 14.1. The minimum Gasteiger partial charge on any atom is -0.284 e. The van der Waals surface area contributed by atoms with Gasteiger partial charge >= 0.3 is 0 Å². The SMILES string of the molecule is Cc1cccc(-c2n[nH]cc2-c2ccc3ncc(I)cc3n2)n1. The zero-order valence-corrected chi connectivity index (χ0v) is 14.4. The molecule has 4 rings (SSSR count). The van der Waals surface area contributed by atoms with E-state index < -0.39 is 0 Å². The Balaban J connectivity index is 1.87. The number of fused-ring (bicyclic) bond motifs is 1. The highest BCUT2D eigenvalue weighted by atomic mass is 127. The Bertz CT molecular complexity index is 1010. The lowest BCUT2D eigenvalue weighted by Crippen LogP contribution is -1.91. The van der Waals surface area contributed by atoms with Gasteiger partial charge in [0.1, 0.15) is 5.69 Å². The van der Waals surface area contributed by atoms with Crippen molar-refractivity contribution in [3.63, 3.8) is 0 Å². The maximum atomic E-state index is 4.73. The van der Waals surface area contributed by atoms with E-state index in [2.05, 4.69) is 42.8 Å². The molecule has 0 unspecified atom stereocenters. The van der Waals surface area contributed by atoms with Crippen LogP contribution in [0.15, 0.2) is 48.8 Å². The lowest BCUT2D eigenvalue weighted by Gasteiger charge is -2.04. The van der Waals surface area contributed by atoms with E-state index in [0.717, 1.165) is 42.9 Å². The molecule has 0 aliphatic carbocycles. The summed E-state index contributed by atoms with van der Waals surface area (Å²) in [7, 11) is 0. The quantitative estimate of drug-likeness (QED) is 0.505. The van der Waals surface area contributed by atoms with Crippen molar-refractivity contribution in [3.8, 4) is 22.6 Å². The van der Waals surface area contributed by atoms with Gasteiger partial charge in [0.05, 0.1) is 22.4 Å². The highest BCUT2D eigenvalue weighted by Gasteiger charge is 2.13. The second-order valence-corrected chi connectivity index (χ2v) is 6.45. The van der Waals surface area contributed by atoms with Gasteiger partial charge in [-0.25, -0.2) is 4.98 Å². The number of hydrogen-bond acceptors (Lipinski definition) is 4. The number of rotatable bonds is 2. The lowest BCUT2D eigenvalue weighted by atomic mass is 10.1. The van der Waals surface area contributed by atoms with E-state index in [1.54, 1.807) is 0 Å². The summed E-state index contributed by atoms with van der Waals surface area (Å²) in [4.78, 5) is 13.7. The number of halogens is 1. The van der Waals surface area contributed by atoms with Crippen LogP contribution < -0.4 is 0 Å². The zero-order chi connectivity index (χ0) is 15.8. The smallest absolute Gasteiger partial charge is 0.120 e. The van der Waals surface area contributed by atoms with Gasteiger partial charge in [-0.2, -0.15) is 5.10 Å². The molecule has 0 fully saturated rings. The summed E-state index contributed by atoms with van der Waals surface area (Å²) in [5.74, 6) is 0. The zero-order valence-electron chi connectivity index (χ0n) is 12.3. The molecule has 0 aromatic carbocycles. The number of pyridine rings is 3. The molecule has 0 aliphatic heterocycles. The van der Waals surface area contributed by atoms with E-state index >= 15 is 0 Å². The maximum absolute atomic E-state index is 4.73. The molecule has 4 heterocycles. The summed E-state index contributed by atoms with van der Waals surface area (Å²) in [6, 6.07) is 11.9. The molecule has 0 aliphatic rings. The summed E-state index contributed by atoms with van der Waals surface area (Å²) in [6.07, 6.45) is 3.69. The molecule has 1 N–H and O–H groups in total. The summed E-state index contributed by atoms with van der Waals surface area (Å²) in [5.41, 5.74) is 6.15. The first kappa shape index (κ1) is 14.3. The molecule has 0 bridgehead atoms. The molecule has 4 aromatic rings. The highest BCUT2D eigenvalue weighted by Crippen LogP contribution is 2.29. The van der Waals surface area contributed by atoms with Crippen LogP contribution in [0, 0.1) is 10.5 Å². The van der Waals surface area contributed by atoms with Gasteiger partial charge in [0.15, 0.2) is 0 Å². The van der Waals surface area contributed by atoms with Crippen LogP contribution in [-0.4, -0.2) is 25.1 Å². The molecule has 112 valence electrons. The Morgan fingerprint density at radius 1 is 1.00 bits per heavy atom. The molecule has 0 amide bonds. The molecule has 4 aromatic heterocycles. The Morgan fingerprint density at radius 3 is 2.78 bits per heavy atom. The van der Waals surface area contributed by atoms with Crippen LogP contribution in [0.2, 0.25) is 0 Å². The largest absolute Gasteiger partial charge is 0.284 e. The van der Waals surface area contributed by atoms with Crippen molar-refractivity contribution in [1.82, 2.24) is 25.1 Å². The monoisotopic (exact) mass is 413 g/mol. The number of aromatic nitrogens is 5. The Kier molecular flexibility index (Phi) is 3.53. The molecule has 0 saturated heterocycles. The summed E-state index contributed by atoms with van der Waals surface area (Å²) in [5, 5.41) is 7.28. The molecular formula is C17H12IN5. The second-order valence-electron chi connectivity index (χ2n) is 5.20. The number of nitrogens with one attached hydrogen (secondary N) is 1. The molecule has 0 saturated carbocycles. The van der Waals surface area contributed by atoms with Crippen molar-refractivity contribution in [2.45, 2.75) is 6.92 Å². The third-order valence-corrected chi connectivity index (χ3v) is 4.14. The molecule has 5 nitrogen and oxygen atoms in total. The van der Waals surface area contributed by atoms with Gasteiger partial charge in [-0.3, -0.25) is 15.1 Å². The molecule has 23 heavy (non-hydrogen) atoms. The minimum absolute atomic E-state index is 0.805. The number of hydrogen-bond donors (Lipinski definition) is 1.